The summed E-state index contributed by atoms with van der Waals surface area (Å²) < 4.78 is 6.51. The van der Waals surface area contributed by atoms with Crippen LogP contribution in [0.4, 0.5) is 0 Å². The Morgan fingerprint density at radius 3 is 2.63 bits per heavy atom. The van der Waals surface area contributed by atoms with Gasteiger partial charge in [-0.15, -0.1) is 0 Å². The van der Waals surface area contributed by atoms with Crippen LogP contribution in [-0.4, -0.2) is 5.78 Å². The predicted molar refractivity (Wildman–Crippen MR) is 78.5 cm³/mol. The van der Waals surface area contributed by atoms with Crippen molar-refractivity contribution >= 4 is 32.7 Å². The summed E-state index contributed by atoms with van der Waals surface area (Å²) in [5.74, 6) is 0.277. The molecule has 94 valence electrons. The zero-order valence-corrected chi connectivity index (χ0v) is 11.9. The highest BCUT2D eigenvalue weighted by Gasteiger charge is 2.15. The Kier molecular flexibility index (Phi) is 2.99. The van der Waals surface area contributed by atoms with Crippen LogP contribution in [0, 0.1) is 6.92 Å². The number of aryl methyl sites for hydroxylation is 1. The van der Waals surface area contributed by atoms with E-state index < -0.39 is 0 Å². The van der Waals surface area contributed by atoms with Crippen LogP contribution in [0.1, 0.15) is 21.7 Å². The van der Waals surface area contributed by atoms with Crippen LogP contribution in [0.2, 0.25) is 0 Å². The van der Waals surface area contributed by atoms with Gasteiger partial charge in [0.25, 0.3) is 0 Å². The summed E-state index contributed by atoms with van der Waals surface area (Å²) in [4.78, 5) is 12.4. The molecular formula is C16H11BrO2. The lowest BCUT2D eigenvalue weighted by Gasteiger charge is -1.98. The maximum Gasteiger partial charge on any atom is 0.228 e. The van der Waals surface area contributed by atoms with Crippen LogP contribution < -0.4 is 0 Å². The summed E-state index contributed by atoms with van der Waals surface area (Å²) in [6, 6.07) is 15.0. The second-order valence-corrected chi connectivity index (χ2v) is 5.32. The number of rotatable bonds is 2. The van der Waals surface area contributed by atoms with Gasteiger partial charge in [-0.2, -0.15) is 0 Å². The third kappa shape index (κ3) is 2.22. The summed E-state index contributed by atoms with van der Waals surface area (Å²) in [5, 5.41) is 0.922. The van der Waals surface area contributed by atoms with Gasteiger partial charge in [0, 0.05) is 10.9 Å². The molecule has 0 saturated heterocycles. The van der Waals surface area contributed by atoms with Crippen molar-refractivity contribution in [2.45, 2.75) is 6.92 Å². The molecule has 0 bridgehead atoms. The second kappa shape index (κ2) is 4.67. The van der Waals surface area contributed by atoms with Crippen molar-refractivity contribution in [2.24, 2.45) is 0 Å². The summed E-state index contributed by atoms with van der Waals surface area (Å²) in [7, 11) is 0. The first-order valence-electron chi connectivity index (χ1n) is 5.94. The number of furan rings is 1. The third-order valence-electron chi connectivity index (χ3n) is 3.00. The van der Waals surface area contributed by atoms with Gasteiger partial charge in [-0.05, 0) is 41.1 Å². The Hall–Kier alpha value is -1.87. The van der Waals surface area contributed by atoms with Crippen molar-refractivity contribution in [3.63, 3.8) is 0 Å². The third-order valence-corrected chi connectivity index (χ3v) is 3.62. The summed E-state index contributed by atoms with van der Waals surface area (Å²) in [5.41, 5.74) is 2.41. The molecule has 0 N–H and O–H groups in total. The Bertz CT molecular complexity index is 771. The average Bonchev–Trinajstić information content (AvgIpc) is 2.83. The monoisotopic (exact) mass is 314 g/mol. The molecule has 0 aliphatic carbocycles. The average molecular weight is 315 g/mol. The quantitative estimate of drug-likeness (QED) is 0.640. The minimum absolute atomic E-state index is 0.0909. The Morgan fingerprint density at radius 2 is 1.89 bits per heavy atom. The first-order valence-corrected chi connectivity index (χ1v) is 6.74. The fraction of sp³-hybridized carbons (Fsp3) is 0.0625. The van der Waals surface area contributed by atoms with Gasteiger partial charge in [0.05, 0.1) is 4.47 Å². The number of fused-ring (bicyclic) bond motifs is 1. The SMILES string of the molecule is Cc1cccc(C(=O)c2cc3cccc(Br)c3o2)c1. The van der Waals surface area contributed by atoms with Crippen LogP contribution in [0.5, 0.6) is 0 Å². The van der Waals surface area contributed by atoms with Gasteiger partial charge in [-0.1, -0.05) is 35.9 Å². The Balaban J connectivity index is 2.09. The lowest BCUT2D eigenvalue weighted by molar-refractivity contribution is 0.101. The smallest absolute Gasteiger partial charge is 0.228 e. The van der Waals surface area contributed by atoms with Crippen molar-refractivity contribution in [1.82, 2.24) is 0 Å². The van der Waals surface area contributed by atoms with Crippen LogP contribution in [0.3, 0.4) is 0 Å². The number of carbonyl (C=O) groups excluding carboxylic acids is 1. The first kappa shape index (κ1) is 12.2. The molecule has 0 aliphatic rings. The van der Waals surface area contributed by atoms with Gasteiger partial charge < -0.3 is 4.42 Å². The molecule has 3 rings (SSSR count). The number of ketones is 1. The standard InChI is InChI=1S/C16H11BrO2/c1-10-4-2-5-11(8-10)15(18)14-9-12-6-3-7-13(17)16(12)19-14/h2-9H,1H3. The molecule has 19 heavy (non-hydrogen) atoms. The van der Waals surface area contributed by atoms with E-state index in [4.69, 9.17) is 4.42 Å². The van der Waals surface area contributed by atoms with Crippen molar-refractivity contribution in [3.8, 4) is 0 Å². The first-order chi connectivity index (χ1) is 9.15. The lowest BCUT2D eigenvalue weighted by Crippen LogP contribution is -1.99. The molecular weight excluding hydrogens is 304 g/mol. The van der Waals surface area contributed by atoms with E-state index in [1.54, 1.807) is 12.1 Å². The van der Waals surface area contributed by atoms with Crippen LogP contribution >= 0.6 is 15.9 Å². The molecule has 1 aromatic heterocycles. The highest BCUT2D eigenvalue weighted by atomic mass is 79.9. The minimum Gasteiger partial charge on any atom is -0.451 e. The molecule has 0 atom stereocenters. The van der Waals surface area contributed by atoms with Gasteiger partial charge in [-0.3, -0.25) is 4.79 Å². The largest absolute Gasteiger partial charge is 0.451 e. The van der Waals surface area contributed by atoms with Gasteiger partial charge in [0.15, 0.2) is 5.76 Å². The minimum atomic E-state index is -0.0909. The molecule has 0 radical (unpaired) electrons. The summed E-state index contributed by atoms with van der Waals surface area (Å²) >= 11 is 3.42. The maximum absolute atomic E-state index is 12.4. The van der Waals surface area contributed by atoms with E-state index in [0.717, 1.165) is 15.4 Å². The molecule has 0 aliphatic heterocycles. The maximum atomic E-state index is 12.4. The second-order valence-electron chi connectivity index (χ2n) is 4.47. The zero-order chi connectivity index (χ0) is 13.4. The molecule has 1 heterocycles. The fourth-order valence-corrected chi connectivity index (χ4v) is 2.53. The van der Waals surface area contributed by atoms with E-state index in [1.807, 2.05) is 43.3 Å². The zero-order valence-electron chi connectivity index (χ0n) is 10.3. The molecule has 3 aromatic rings. The molecule has 3 heteroatoms. The number of hydrogen-bond donors (Lipinski definition) is 0. The van der Waals surface area contributed by atoms with E-state index in [1.165, 1.54) is 0 Å². The topological polar surface area (TPSA) is 30.2 Å². The van der Waals surface area contributed by atoms with Crippen LogP contribution in [0.25, 0.3) is 11.0 Å². The van der Waals surface area contributed by atoms with Crippen molar-refractivity contribution < 1.29 is 9.21 Å². The van der Waals surface area contributed by atoms with Gasteiger partial charge in [0.1, 0.15) is 5.58 Å². The molecule has 0 amide bonds. The van der Waals surface area contributed by atoms with E-state index in [9.17, 15) is 4.79 Å². The van der Waals surface area contributed by atoms with E-state index in [2.05, 4.69) is 15.9 Å². The molecule has 0 unspecified atom stereocenters. The highest BCUT2D eigenvalue weighted by Crippen LogP contribution is 2.28. The fourth-order valence-electron chi connectivity index (χ4n) is 2.07. The highest BCUT2D eigenvalue weighted by molar-refractivity contribution is 9.10. The van der Waals surface area contributed by atoms with Crippen molar-refractivity contribution in [1.29, 1.82) is 0 Å². The molecule has 0 saturated carbocycles. The molecule has 0 fully saturated rings. The number of carbonyl (C=O) groups is 1. The van der Waals surface area contributed by atoms with E-state index >= 15 is 0 Å². The normalized spacial score (nSPS) is 10.8. The van der Waals surface area contributed by atoms with Gasteiger partial charge >= 0.3 is 0 Å². The van der Waals surface area contributed by atoms with Crippen LogP contribution in [0.15, 0.2) is 57.4 Å². The van der Waals surface area contributed by atoms with Gasteiger partial charge in [-0.25, -0.2) is 0 Å². The Labute approximate surface area is 119 Å². The molecule has 2 nitrogen and oxygen atoms in total. The molecule has 2 aromatic carbocycles. The van der Waals surface area contributed by atoms with E-state index in [-0.39, 0.29) is 5.78 Å². The van der Waals surface area contributed by atoms with Crippen molar-refractivity contribution in [2.75, 3.05) is 0 Å². The van der Waals surface area contributed by atoms with E-state index in [0.29, 0.717) is 16.9 Å². The molecule has 0 spiro atoms. The number of halogens is 1. The van der Waals surface area contributed by atoms with Crippen molar-refractivity contribution in [3.05, 3.63) is 69.9 Å². The van der Waals surface area contributed by atoms with Gasteiger partial charge in [0.2, 0.25) is 5.78 Å². The number of hydrogen-bond acceptors (Lipinski definition) is 2. The summed E-state index contributed by atoms with van der Waals surface area (Å²) in [6.07, 6.45) is 0. The summed E-state index contributed by atoms with van der Waals surface area (Å²) in [6.45, 7) is 1.96. The number of para-hydroxylation sites is 1. The predicted octanol–water partition coefficient (Wildman–Crippen LogP) is 4.73. The van der Waals surface area contributed by atoms with Crippen LogP contribution in [-0.2, 0) is 0 Å². The Morgan fingerprint density at radius 1 is 1.11 bits per heavy atom. The number of benzene rings is 2. The lowest BCUT2D eigenvalue weighted by atomic mass is 10.1.